The summed E-state index contributed by atoms with van der Waals surface area (Å²) in [7, 11) is -1.27. The number of methoxy groups -OCH3 is 1. The lowest BCUT2D eigenvalue weighted by atomic mass is 10.2. The van der Waals surface area contributed by atoms with Crippen molar-refractivity contribution >= 4 is 27.6 Å². The number of nitrogens with one attached hydrogen (secondary N) is 1. The number of ether oxygens (including phenoxy) is 1. The number of nitrogens with zero attached hydrogens (tertiary/aromatic N) is 2. The number of benzene rings is 1. The van der Waals surface area contributed by atoms with Crippen molar-refractivity contribution < 1.29 is 27.1 Å². The van der Waals surface area contributed by atoms with E-state index in [1.54, 1.807) is 13.0 Å². The van der Waals surface area contributed by atoms with E-state index in [9.17, 15) is 22.4 Å². The molecule has 1 fully saturated rings. The van der Waals surface area contributed by atoms with Crippen LogP contribution in [0.2, 0.25) is 0 Å². The molecule has 1 saturated heterocycles. The van der Waals surface area contributed by atoms with Gasteiger partial charge >= 0.3 is 5.97 Å². The maximum absolute atomic E-state index is 13.7. The number of rotatable bonds is 5. The van der Waals surface area contributed by atoms with Gasteiger partial charge in [0.25, 0.3) is 0 Å². The SMILES string of the molecule is COC(=O)c1cc(S(=O)(=O)N2CCC[C@H]2C(=O)Nc2ccc(C)c(F)c2)cn1C. The fourth-order valence-corrected chi connectivity index (χ4v) is 5.03. The molecule has 2 heterocycles. The lowest BCUT2D eigenvalue weighted by molar-refractivity contribution is -0.119. The van der Waals surface area contributed by atoms with Gasteiger partial charge < -0.3 is 14.6 Å². The van der Waals surface area contributed by atoms with E-state index in [0.717, 1.165) is 4.31 Å². The Hall–Kier alpha value is -2.72. The summed E-state index contributed by atoms with van der Waals surface area (Å²) >= 11 is 0. The largest absolute Gasteiger partial charge is 0.464 e. The number of anilines is 1. The van der Waals surface area contributed by atoms with Crippen LogP contribution in [-0.2, 0) is 26.6 Å². The van der Waals surface area contributed by atoms with Crippen LogP contribution in [0, 0.1) is 12.7 Å². The quantitative estimate of drug-likeness (QED) is 0.743. The number of esters is 1. The molecule has 1 N–H and O–H groups in total. The first kappa shape index (κ1) is 21.0. The molecule has 1 aliphatic heterocycles. The molecule has 0 radical (unpaired) electrons. The Morgan fingerprint density at radius 3 is 2.66 bits per heavy atom. The van der Waals surface area contributed by atoms with Gasteiger partial charge in [-0.15, -0.1) is 0 Å². The second-order valence-electron chi connectivity index (χ2n) is 6.89. The van der Waals surface area contributed by atoms with Crippen molar-refractivity contribution in [2.24, 2.45) is 7.05 Å². The van der Waals surface area contributed by atoms with Gasteiger partial charge in [0.05, 0.1) is 7.11 Å². The lowest BCUT2D eigenvalue weighted by Gasteiger charge is -2.23. The van der Waals surface area contributed by atoms with Gasteiger partial charge in [0, 0.05) is 25.5 Å². The molecule has 156 valence electrons. The van der Waals surface area contributed by atoms with Crippen LogP contribution in [0.5, 0.6) is 0 Å². The molecular weight excluding hydrogens is 401 g/mol. The first-order chi connectivity index (χ1) is 13.6. The molecular formula is C19H22FN3O5S. The van der Waals surface area contributed by atoms with Crippen molar-refractivity contribution in [1.29, 1.82) is 0 Å². The molecule has 0 unspecified atom stereocenters. The third-order valence-electron chi connectivity index (χ3n) is 4.93. The van der Waals surface area contributed by atoms with Crippen LogP contribution >= 0.6 is 0 Å². The molecule has 1 aromatic heterocycles. The van der Waals surface area contributed by atoms with Crippen molar-refractivity contribution in [2.75, 3.05) is 19.0 Å². The standard InChI is InChI=1S/C19H22FN3O5S/c1-12-6-7-13(9-15(12)20)21-18(24)16-5-4-8-23(16)29(26,27)14-10-17(19(25)28-3)22(2)11-14/h6-7,9-11,16H,4-5,8H2,1-3H3,(H,21,24)/t16-/m0/s1. The summed E-state index contributed by atoms with van der Waals surface area (Å²) in [6.07, 6.45) is 2.16. The molecule has 0 spiro atoms. The Balaban J connectivity index is 1.84. The summed E-state index contributed by atoms with van der Waals surface area (Å²) in [5.74, 6) is -1.65. The van der Waals surface area contributed by atoms with Gasteiger partial charge in [0.2, 0.25) is 15.9 Å². The zero-order chi connectivity index (χ0) is 21.3. The predicted octanol–water partition coefficient (Wildman–Crippen LogP) is 2.05. The Bertz CT molecular complexity index is 1060. The molecule has 0 bridgehead atoms. The predicted molar refractivity (Wildman–Crippen MR) is 103 cm³/mol. The average molecular weight is 423 g/mol. The summed E-state index contributed by atoms with van der Waals surface area (Å²) in [6.45, 7) is 1.78. The summed E-state index contributed by atoms with van der Waals surface area (Å²) in [5.41, 5.74) is 0.787. The number of aryl methyl sites for hydroxylation is 2. The third-order valence-corrected chi connectivity index (χ3v) is 6.80. The van der Waals surface area contributed by atoms with Crippen molar-refractivity contribution in [1.82, 2.24) is 8.87 Å². The monoisotopic (exact) mass is 423 g/mol. The smallest absolute Gasteiger partial charge is 0.354 e. The third kappa shape index (κ3) is 4.03. The zero-order valence-electron chi connectivity index (χ0n) is 16.3. The van der Waals surface area contributed by atoms with Crippen LogP contribution in [0.15, 0.2) is 35.4 Å². The van der Waals surface area contributed by atoms with E-state index in [4.69, 9.17) is 0 Å². The summed E-state index contributed by atoms with van der Waals surface area (Å²) in [6, 6.07) is 4.59. The molecule has 29 heavy (non-hydrogen) atoms. The van der Waals surface area contributed by atoms with E-state index in [1.165, 1.54) is 43.1 Å². The minimum absolute atomic E-state index is 0.0846. The molecule has 1 aliphatic rings. The highest BCUT2D eigenvalue weighted by Gasteiger charge is 2.40. The molecule has 10 heteroatoms. The van der Waals surface area contributed by atoms with Crippen LogP contribution in [0.25, 0.3) is 0 Å². The fourth-order valence-electron chi connectivity index (χ4n) is 3.30. The minimum atomic E-state index is -4.01. The van der Waals surface area contributed by atoms with E-state index in [1.807, 2.05) is 0 Å². The highest BCUT2D eigenvalue weighted by molar-refractivity contribution is 7.89. The molecule has 0 saturated carbocycles. The number of carbonyl (C=O) groups is 2. The van der Waals surface area contributed by atoms with Gasteiger partial charge in [0.1, 0.15) is 22.4 Å². The topological polar surface area (TPSA) is 97.7 Å². The second-order valence-corrected chi connectivity index (χ2v) is 8.78. The van der Waals surface area contributed by atoms with Crippen LogP contribution < -0.4 is 5.32 Å². The van der Waals surface area contributed by atoms with Crippen molar-refractivity contribution in [2.45, 2.75) is 30.7 Å². The molecule has 1 atom stereocenters. The summed E-state index contributed by atoms with van der Waals surface area (Å²) in [5, 5.41) is 2.59. The molecule has 0 aliphatic carbocycles. The number of hydrogen-bond acceptors (Lipinski definition) is 5. The molecule has 8 nitrogen and oxygen atoms in total. The van der Waals surface area contributed by atoms with Gasteiger partial charge in [-0.3, -0.25) is 4.79 Å². The van der Waals surface area contributed by atoms with E-state index in [-0.39, 0.29) is 22.8 Å². The fraction of sp³-hybridized carbons (Fsp3) is 0.368. The van der Waals surface area contributed by atoms with E-state index in [2.05, 4.69) is 10.1 Å². The number of aromatic nitrogens is 1. The van der Waals surface area contributed by atoms with Gasteiger partial charge in [0.15, 0.2) is 0 Å². The highest BCUT2D eigenvalue weighted by atomic mass is 32.2. The second kappa shape index (κ2) is 7.96. The Morgan fingerprint density at radius 1 is 1.28 bits per heavy atom. The number of carbonyl (C=O) groups excluding carboxylic acids is 2. The Labute approximate surface area is 168 Å². The number of halogens is 1. The first-order valence-electron chi connectivity index (χ1n) is 8.98. The maximum atomic E-state index is 13.7. The lowest BCUT2D eigenvalue weighted by Crippen LogP contribution is -2.43. The van der Waals surface area contributed by atoms with Gasteiger partial charge in [-0.05, 0) is 43.5 Å². The molecule has 3 rings (SSSR count). The minimum Gasteiger partial charge on any atom is -0.464 e. The molecule has 1 aromatic carbocycles. The van der Waals surface area contributed by atoms with Crippen molar-refractivity contribution in [3.05, 3.63) is 47.5 Å². The Morgan fingerprint density at radius 2 is 2.00 bits per heavy atom. The normalized spacial score (nSPS) is 17.3. The zero-order valence-corrected chi connectivity index (χ0v) is 17.1. The maximum Gasteiger partial charge on any atom is 0.354 e. The van der Waals surface area contributed by atoms with Gasteiger partial charge in [-0.25, -0.2) is 17.6 Å². The Kier molecular flexibility index (Phi) is 5.76. The van der Waals surface area contributed by atoms with Crippen molar-refractivity contribution in [3.63, 3.8) is 0 Å². The number of sulfonamides is 1. The van der Waals surface area contributed by atoms with Crippen molar-refractivity contribution in [3.8, 4) is 0 Å². The van der Waals surface area contributed by atoms with E-state index in [0.29, 0.717) is 18.4 Å². The first-order valence-corrected chi connectivity index (χ1v) is 10.4. The van der Waals surface area contributed by atoms with E-state index >= 15 is 0 Å². The van der Waals surface area contributed by atoms with E-state index < -0.39 is 33.8 Å². The highest BCUT2D eigenvalue weighted by Crippen LogP contribution is 2.28. The van der Waals surface area contributed by atoms with Crippen LogP contribution in [0.1, 0.15) is 28.9 Å². The summed E-state index contributed by atoms with van der Waals surface area (Å²) in [4.78, 5) is 24.4. The molecule has 2 aromatic rings. The number of amides is 1. The number of hydrogen-bond donors (Lipinski definition) is 1. The average Bonchev–Trinajstić information content (AvgIpc) is 3.32. The molecule has 1 amide bonds. The van der Waals surface area contributed by atoms with Crippen LogP contribution in [0.3, 0.4) is 0 Å². The van der Waals surface area contributed by atoms with Crippen LogP contribution in [-0.4, -0.2) is 48.9 Å². The summed E-state index contributed by atoms with van der Waals surface area (Å²) < 4.78 is 47.0. The van der Waals surface area contributed by atoms with Gasteiger partial charge in [-0.1, -0.05) is 6.07 Å². The van der Waals surface area contributed by atoms with Crippen LogP contribution in [0.4, 0.5) is 10.1 Å². The van der Waals surface area contributed by atoms with Gasteiger partial charge in [-0.2, -0.15) is 4.31 Å².